The van der Waals surface area contributed by atoms with Gasteiger partial charge >= 0.3 is 5.97 Å². The largest absolute Gasteiger partial charge is 0.478 e. The number of ether oxygens (including phenoxy) is 1. The van der Waals surface area contributed by atoms with Crippen LogP contribution in [-0.4, -0.2) is 58.1 Å². The Kier molecular flexibility index (Phi) is 8.29. The molecule has 3 aromatic heterocycles. The first-order valence-electron chi connectivity index (χ1n) is 14.5. The molecule has 224 valence electrons. The topological polar surface area (TPSA) is 135 Å². The number of aromatic carboxylic acids is 1. The highest BCUT2D eigenvalue weighted by Crippen LogP contribution is 2.28. The molecule has 0 aliphatic carbocycles. The van der Waals surface area contributed by atoms with Crippen LogP contribution in [0.5, 0.6) is 5.88 Å². The van der Waals surface area contributed by atoms with Crippen molar-refractivity contribution in [1.82, 2.24) is 34.0 Å². The lowest BCUT2D eigenvalue weighted by atomic mass is 9.97. The summed E-state index contributed by atoms with van der Waals surface area (Å²) in [4.78, 5) is 32.5. The number of aromatic nitrogens is 6. The minimum Gasteiger partial charge on any atom is -0.478 e. The number of fused-ring (bicyclic) bond motifs is 1. The number of carboxylic acids is 1. The normalized spacial score (nSPS) is 15.3. The number of piperidine rings is 1. The van der Waals surface area contributed by atoms with Crippen LogP contribution >= 0.6 is 0 Å². The van der Waals surface area contributed by atoms with Crippen LogP contribution in [-0.2, 0) is 26.2 Å². The van der Waals surface area contributed by atoms with Crippen molar-refractivity contribution in [2.75, 3.05) is 13.1 Å². The summed E-state index contributed by atoms with van der Waals surface area (Å²) in [6, 6.07) is 12.9. The molecule has 0 spiro atoms. The fourth-order valence-corrected chi connectivity index (χ4v) is 5.66. The van der Waals surface area contributed by atoms with Gasteiger partial charge in [-0.05, 0) is 56.6 Å². The Balaban J connectivity index is 1.20. The third kappa shape index (κ3) is 6.14. The quantitative estimate of drug-likeness (QED) is 0.243. The second-order valence-corrected chi connectivity index (χ2v) is 10.8. The smallest absolute Gasteiger partial charge is 0.335 e. The maximum atomic E-state index is 14.3. The Labute approximate surface area is 253 Å². The van der Waals surface area contributed by atoms with Crippen molar-refractivity contribution >= 4 is 17.0 Å². The summed E-state index contributed by atoms with van der Waals surface area (Å²) in [6.07, 6.45) is 7.14. The molecule has 5 aromatic rings. The highest BCUT2D eigenvalue weighted by molar-refractivity contribution is 5.92. The first-order chi connectivity index (χ1) is 21.4. The molecule has 1 aliphatic rings. The van der Waals surface area contributed by atoms with E-state index in [1.165, 1.54) is 6.07 Å². The summed E-state index contributed by atoms with van der Waals surface area (Å²) in [5.74, 6) is 0.460. The lowest BCUT2D eigenvalue weighted by Crippen LogP contribution is -2.35. The van der Waals surface area contributed by atoms with Gasteiger partial charge in [-0.2, -0.15) is 10.2 Å². The van der Waals surface area contributed by atoms with Crippen LogP contribution in [0.1, 0.15) is 64.5 Å². The Morgan fingerprint density at radius 1 is 1.18 bits per heavy atom. The van der Waals surface area contributed by atoms with Gasteiger partial charge in [0.15, 0.2) is 0 Å². The van der Waals surface area contributed by atoms with E-state index in [1.807, 2.05) is 12.3 Å². The molecule has 12 heteroatoms. The highest BCUT2D eigenvalue weighted by atomic mass is 19.1. The number of hydrogen-bond donors (Lipinski definition) is 1. The number of imidazole rings is 2. The number of benzene rings is 2. The first-order valence-corrected chi connectivity index (χ1v) is 14.5. The molecule has 0 radical (unpaired) electrons. The van der Waals surface area contributed by atoms with E-state index < -0.39 is 11.8 Å². The summed E-state index contributed by atoms with van der Waals surface area (Å²) in [7, 11) is 0. The zero-order chi connectivity index (χ0) is 30.6. The van der Waals surface area contributed by atoms with Crippen molar-refractivity contribution in [2.45, 2.75) is 51.9 Å². The summed E-state index contributed by atoms with van der Waals surface area (Å²) in [5, 5.41) is 18.6. The molecule has 0 saturated carbocycles. The molecule has 44 heavy (non-hydrogen) atoms. The van der Waals surface area contributed by atoms with Gasteiger partial charge in [0, 0.05) is 43.0 Å². The zero-order valence-corrected chi connectivity index (χ0v) is 24.2. The van der Waals surface area contributed by atoms with Crippen molar-refractivity contribution < 1.29 is 19.0 Å². The number of rotatable bonds is 10. The molecule has 0 bridgehead atoms. The van der Waals surface area contributed by atoms with E-state index in [1.54, 1.807) is 48.9 Å². The molecule has 1 aliphatic heterocycles. The molecule has 4 heterocycles. The van der Waals surface area contributed by atoms with E-state index in [0.29, 0.717) is 36.9 Å². The van der Waals surface area contributed by atoms with Gasteiger partial charge in [-0.1, -0.05) is 6.07 Å². The van der Waals surface area contributed by atoms with Crippen molar-refractivity contribution in [2.24, 2.45) is 0 Å². The Bertz CT molecular complexity index is 1860. The summed E-state index contributed by atoms with van der Waals surface area (Å²) < 4.78 is 24.3. The molecule has 11 nitrogen and oxygen atoms in total. The number of halogens is 1. The first kappa shape index (κ1) is 28.9. The lowest BCUT2D eigenvalue weighted by molar-refractivity contribution is 0.0697. The van der Waals surface area contributed by atoms with E-state index in [0.717, 1.165) is 48.5 Å². The van der Waals surface area contributed by atoms with E-state index in [-0.39, 0.29) is 23.7 Å². The fourth-order valence-electron chi connectivity index (χ4n) is 5.66. The van der Waals surface area contributed by atoms with Crippen molar-refractivity contribution in [1.29, 1.82) is 5.26 Å². The number of carboxylic acid groups (broad SMARTS) is 1. The van der Waals surface area contributed by atoms with Crippen LogP contribution < -0.4 is 4.74 Å². The maximum absolute atomic E-state index is 14.3. The Morgan fingerprint density at radius 2 is 2.07 bits per heavy atom. The van der Waals surface area contributed by atoms with Gasteiger partial charge in [-0.25, -0.2) is 24.1 Å². The minimum absolute atomic E-state index is 0.0124. The molecular formula is C32H31FN8O3. The molecule has 6 rings (SSSR count). The van der Waals surface area contributed by atoms with Crippen molar-refractivity contribution in [3.05, 3.63) is 101 Å². The van der Waals surface area contributed by atoms with E-state index >= 15 is 0 Å². The number of carbonyl (C=O) groups is 1. The van der Waals surface area contributed by atoms with Gasteiger partial charge < -0.3 is 19.0 Å². The predicted molar refractivity (Wildman–Crippen MR) is 158 cm³/mol. The van der Waals surface area contributed by atoms with Gasteiger partial charge in [0.05, 0.1) is 53.3 Å². The third-order valence-corrected chi connectivity index (χ3v) is 7.98. The molecule has 1 fully saturated rings. The SMILES string of the molecule is CCn1cncc1Cn1c(CN2CCC[C@@H](c3nccc(OCc4ccc(C#N)cc4F)n3)C2)nc2ccc(C(=O)O)cc21. The molecule has 0 unspecified atom stereocenters. The predicted octanol–water partition coefficient (Wildman–Crippen LogP) is 4.76. The van der Waals surface area contributed by atoms with Gasteiger partial charge in [0.1, 0.15) is 24.1 Å². The molecular weight excluding hydrogens is 563 g/mol. The van der Waals surface area contributed by atoms with Gasteiger partial charge in [0.25, 0.3) is 0 Å². The summed E-state index contributed by atoms with van der Waals surface area (Å²) >= 11 is 0. The number of hydrogen-bond acceptors (Lipinski definition) is 8. The van der Waals surface area contributed by atoms with Gasteiger partial charge in [0.2, 0.25) is 5.88 Å². The van der Waals surface area contributed by atoms with Crippen LogP contribution in [0.2, 0.25) is 0 Å². The van der Waals surface area contributed by atoms with Crippen LogP contribution in [0, 0.1) is 17.1 Å². The van der Waals surface area contributed by atoms with E-state index in [4.69, 9.17) is 15.0 Å². The Hall–Kier alpha value is -5.15. The van der Waals surface area contributed by atoms with Crippen LogP contribution in [0.4, 0.5) is 4.39 Å². The van der Waals surface area contributed by atoms with E-state index in [9.17, 15) is 14.3 Å². The monoisotopic (exact) mass is 594 g/mol. The van der Waals surface area contributed by atoms with Crippen molar-refractivity contribution in [3.63, 3.8) is 0 Å². The second-order valence-electron chi connectivity index (χ2n) is 10.8. The summed E-state index contributed by atoms with van der Waals surface area (Å²) in [6.45, 7) is 5.50. The molecule has 2 aromatic carbocycles. The molecule has 0 amide bonds. The molecule has 1 atom stereocenters. The van der Waals surface area contributed by atoms with E-state index in [2.05, 4.69) is 35.9 Å². The number of nitriles is 1. The highest BCUT2D eigenvalue weighted by Gasteiger charge is 2.26. The minimum atomic E-state index is -0.980. The number of aryl methyl sites for hydroxylation is 1. The maximum Gasteiger partial charge on any atom is 0.335 e. The Morgan fingerprint density at radius 3 is 2.86 bits per heavy atom. The standard InChI is InChI=1S/C32H31FN8O3/c1-2-40-20-35-15-25(40)17-41-28-13-22(32(42)43)7-8-27(28)37-29(41)18-39-11-3-4-23(16-39)31-36-10-9-30(38-31)44-19-24-6-5-21(14-34)12-26(24)33/h5-10,12-13,15,20,23H,2-4,11,16-19H2,1H3,(H,42,43)/t23-/m1/s1. The fraction of sp³-hybridized carbons (Fsp3) is 0.312. The molecule has 1 N–H and O–H groups in total. The van der Waals surface area contributed by atoms with Gasteiger partial charge in [-0.15, -0.1) is 0 Å². The summed E-state index contributed by atoms with van der Waals surface area (Å²) in [5.41, 5.74) is 3.33. The van der Waals surface area contributed by atoms with Crippen LogP contribution in [0.25, 0.3) is 11.0 Å². The average Bonchev–Trinajstić information content (AvgIpc) is 3.64. The van der Waals surface area contributed by atoms with Crippen molar-refractivity contribution in [3.8, 4) is 11.9 Å². The third-order valence-electron chi connectivity index (χ3n) is 7.98. The average molecular weight is 595 g/mol. The lowest BCUT2D eigenvalue weighted by Gasteiger charge is -2.31. The number of nitrogens with zero attached hydrogens (tertiary/aromatic N) is 8. The van der Waals surface area contributed by atoms with Crippen LogP contribution in [0.15, 0.2) is 61.2 Å². The molecule has 1 saturated heterocycles. The van der Waals surface area contributed by atoms with Crippen LogP contribution in [0.3, 0.4) is 0 Å². The second kappa shape index (κ2) is 12.6. The zero-order valence-electron chi connectivity index (χ0n) is 24.2. The van der Waals surface area contributed by atoms with Gasteiger partial charge in [-0.3, -0.25) is 4.90 Å². The number of likely N-dealkylation sites (tertiary alicyclic amines) is 1.